The first-order valence-corrected chi connectivity index (χ1v) is 7.40. The summed E-state index contributed by atoms with van der Waals surface area (Å²) in [4.78, 5) is 0. The Bertz CT molecular complexity index is 803. The molecule has 7 heteroatoms. The van der Waals surface area contributed by atoms with Crippen LogP contribution in [0.3, 0.4) is 0 Å². The first-order chi connectivity index (χ1) is 9.97. The number of fused-ring (bicyclic) bond motifs is 1. The predicted octanol–water partition coefficient (Wildman–Crippen LogP) is 3.84. The van der Waals surface area contributed by atoms with Gasteiger partial charge in [0.25, 0.3) is 0 Å². The summed E-state index contributed by atoms with van der Waals surface area (Å²) in [6.45, 7) is 4.28. The fourth-order valence-corrected chi connectivity index (χ4v) is 2.62. The van der Waals surface area contributed by atoms with E-state index in [2.05, 4.69) is 29.1 Å². The van der Waals surface area contributed by atoms with Gasteiger partial charge in [-0.05, 0) is 30.5 Å². The van der Waals surface area contributed by atoms with Gasteiger partial charge in [0.1, 0.15) is 5.82 Å². The van der Waals surface area contributed by atoms with Crippen molar-refractivity contribution in [1.29, 1.82) is 0 Å². The van der Waals surface area contributed by atoms with E-state index < -0.39 is 0 Å². The van der Waals surface area contributed by atoms with Crippen molar-refractivity contribution in [2.45, 2.75) is 20.3 Å². The molecular formula is C14H15Cl2N5. The van der Waals surface area contributed by atoms with Crippen molar-refractivity contribution in [2.75, 3.05) is 5.73 Å². The number of hydrogen-bond donors (Lipinski definition) is 2. The van der Waals surface area contributed by atoms with Crippen LogP contribution in [0.2, 0.25) is 10.0 Å². The van der Waals surface area contributed by atoms with Crippen LogP contribution in [-0.4, -0.2) is 20.0 Å². The van der Waals surface area contributed by atoms with Crippen LogP contribution in [-0.2, 0) is 6.42 Å². The number of H-pyrrole nitrogens is 1. The lowest BCUT2D eigenvalue weighted by Gasteiger charge is -2.04. The number of rotatable bonds is 3. The second-order valence-corrected chi connectivity index (χ2v) is 6.21. The molecule has 0 fully saturated rings. The van der Waals surface area contributed by atoms with Crippen molar-refractivity contribution in [3.05, 3.63) is 33.9 Å². The summed E-state index contributed by atoms with van der Waals surface area (Å²) in [5.74, 6) is 1.01. The summed E-state index contributed by atoms with van der Waals surface area (Å²) in [7, 11) is 0. The molecule has 0 amide bonds. The summed E-state index contributed by atoms with van der Waals surface area (Å²) in [6.07, 6.45) is 0.828. The highest BCUT2D eigenvalue weighted by Crippen LogP contribution is 2.29. The number of hydrogen-bond acceptors (Lipinski definition) is 3. The number of nitrogen functional groups attached to an aromatic ring is 1. The van der Waals surface area contributed by atoms with Crippen LogP contribution in [0.15, 0.2) is 18.2 Å². The number of nitrogens with one attached hydrogen (secondary N) is 1. The number of nitrogens with two attached hydrogens (primary N) is 1. The lowest BCUT2D eigenvalue weighted by molar-refractivity contribution is 0.630. The zero-order valence-corrected chi connectivity index (χ0v) is 13.2. The monoisotopic (exact) mass is 323 g/mol. The van der Waals surface area contributed by atoms with Crippen LogP contribution in [0, 0.1) is 5.92 Å². The average molecular weight is 324 g/mol. The zero-order valence-electron chi connectivity index (χ0n) is 11.7. The van der Waals surface area contributed by atoms with Gasteiger partial charge in [0.2, 0.25) is 0 Å². The molecule has 0 saturated carbocycles. The molecule has 2 aromatic heterocycles. The van der Waals surface area contributed by atoms with Gasteiger partial charge in [-0.1, -0.05) is 37.0 Å². The van der Waals surface area contributed by atoms with Crippen molar-refractivity contribution in [3.63, 3.8) is 0 Å². The highest BCUT2D eigenvalue weighted by molar-refractivity contribution is 6.42. The first-order valence-electron chi connectivity index (χ1n) is 6.64. The zero-order chi connectivity index (χ0) is 15.1. The van der Waals surface area contributed by atoms with Gasteiger partial charge in [-0.15, -0.1) is 0 Å². The molecule has 0 radical (unpaired) electrons. The van der Waals surface area contributed by atoms with Crippen LogP contribution in [0.25, 0.3) is 16.7 Å². The van der Waals surface area contributed by atoms with E-state index in [-0.39, 0.29) is 0 Å². The molecule has 0 spiro atoms. The lowest BCUT2D eigenvalue weighted by Crippen LogP contribution is -2.01. The molecule has 0 atom stereocenters. The molecule has 0 bridgehead atoms. The molecule has 5 nitrogen and oxygen atoms in total. The maximum absolute atomic E-state index is 6.09. The number of anilines is 1. The van der Waals surface area contributed by atoms with Crippen molar-refractivity contribution in [3.8, 4) is 5.69 Å². The van der Waals surface area contributed by atoms with Gasteiger partial charge in [-0.2, -0.15) is 10.2 Å². The molecule has 0 unspecified atom stereocenters. The Morgan fingerprint density at radius 2 is 2.05 bits per heavy atom. The fraction of sp³-hybridized carbons (Fsp3) is 0.286. The number of aromatic amines is 1. The standard InChI is InChI=1S/C14H15Cl2N5/c1-7(2)5-11-12-13(17)18-19-14(12)21(20-11)8-3-4-9(15)10(16)6-8/h3-4,6-7H,5H2,1-2H3,(H3,17,18,19). The van der Waals surface area contributed by atoms with Crippen LogP contribution in [0.5, 0.6) is 0 Å². The molecule has 0 saturated heterocycles. The van der Waals surface area contributed by atoms with Gasteiger partial charge in [0, 0.05) is 0 Å². The maximum Gasteiger partial charge on any atom is 0.186 e. The van der Waals surface area contributed by atoms with Gasteiger partial charge in [0.15, 0.2) is 5.65 Å². The van der Waals surface area contributed by atoms with E-state index in [1.54, 1.807) is 16.8 Å². The van der Waals surface area contributed by atoms with E-state index in [0.717, 1.165) is 23.2 Å². The van der Waals surface area contributed by atoms with Crippen LogP contribution in [0.4, 0.5) is 5.82 Å². The normalized spacial score (nSPS) is 11.7. The van der Waals surface area contributed by atoms with Crippen molar-refractivity contribution in [2.24, 2.45) is 5.92 Å². The molecule has 21 heavy (non-hydrogen) atoms. The third kappa shape index (κ3) is 2.47. The molecule has 3 aromatic rings. The molecule has 3 rings (SSSR count). The minimum Gasteiger partial charge on any atom is -0.383 e. The molecule has 3 N–H and O–H groups in total. The Kier molecular flexibility index (Phi) is 3.55. The molecule has 0 aliphatic rings. The largest absolute Gasteiger partial charge is 0.383 e. The number of benzene rings is 1. The van der Waals surface area contributed by atoms with Gasteiger partial charge < -0.3 is 5.73 Å². The molecule has 110 valence electrons. The van der Waals surface area contributed by atoms with Crippen LogP contribution in [0.1, 0.15) is 19.5 Å². The second kappa shape index (κ2) is 5.24. The summed E-state index contributed by atoms with van der Waals surface area (Å²) < 4.78 is 1.74. The average Bonchev–Trinajstić information content (AvgIpc) is 2.95. The highest BCUT2D eigenvalue weighted by Gasteiger charge is 2.18. The number of aromatic nitrogens is 4. The fourth-order valence-electron chi connectivity index (χ4n) is 2.33. The van der Waals surface area contributed by atoms with Crippen LogP contribution >= 0.6 is 23.2 Å². The Morgan fingerprint density at radius 1 is 1.29 bits per heavy atom. The highest BCUT2D eigenvalue weighted by atomic mass is 35.5. The SMILES string of the molecule is CC(C)Cc1nn(-c2ccc(Cl)c(Cl)c2)c2n[nH]c(N)c12. The van der Waals surface area contributed by atoms with E-state index in [0.29, 0.717) is 27.4 Å². The second-order valence-electron chi connectivity index (χ2n) is 5.39. The van der Waals surface area contributed by atoms with E-state index >= 15 is 0 Å². The van der Waals surface area contributed by atoms with Crippen molar-refractivity contribution >= 4 is 40.1 Å². The van der Waals surface area contributed by atoms with Gasteiger partial charge >= 0.3 is 0 Å². The Hall–Kier alpha value is -1.72. The molecule has 0 aliphatic carbocycles. The smallest absolute Gasteiger partial charge is 0.186 e. The van der Waals surface area contributed by atoms with Gasteiger partial charge in [-0.25, -0.2) is 4.68 Å². The van der Waals surface area contributed by atoms with Crippen LogP contribution < -0.4 is 5.73 Å². The molecular weight excluding hydrogens is 309 g/mol. The lowest BCUT2D eigenvalue weighted by atomic mass is 10.1. The van der Waals surface area contributed by atoms with Gasteiger partial charge in [0.05, 0.1) is 26.8 Å². The van der Waals surface area contributed by atoms with E-state index in [9.17, 15) is 0 Å². The van der Waals surface area contributed by atoms with E-state index in [1.165, 1.54) is 0 Å². The predicted molar refractivity (Wildman–Crippen MR) is 86.2 cm³/mol. The summed E-state index contributed by atoms with van der Waals surface area (Å²) >= 11 is 12.0. The number of halogens is 2. The molecule has 1 aromatic carbocycles. The Balaban J connectivity index is 2.20. The molecule has 2 heterocycles. The topological polar surface area (TPSA) is 72.5 Å². The third-order valence-corrected chi connectivity index (χ3v) is 3.97. The Labute approximate surface area is 132 Å². The Morgan fingerprint density at radius 3 is 2.71 bits per heavy atom. The maximum atomic E-state index is 6.09. The molecule has 0 aliphatic heterocycles. The quantitative estimate of drug-likeness (QED) is 0.769. The minimum atomic E-state index is 0.472. The third-order valence-electron chi connectivity index (χ3n) is 3.23. The summed E-state index contributed by atoms with van der Waals surface area (Å²) in [6, 6.07) is 5.36. The van der Waals surface area contributed by atoms with Crippen molar-refractivity contribution < 1.29 is 0 Å². The first kappa shape index (κ1) is 14.2. The minimum absolute atomic E-state index is 0.472. The van der Waals surface area contributed by atoms with Crippen molar-refractivity contribution in [1.82, 2.24) is 20.0 Å². The number of nitrogens with zero attached hydrogens (tertiary/aromatic N) is 3. The van der Waals surface area contributed by atoms with E-state index in [4.69, 9.17) is 28.9 Å². The summed E-state index contributed by atoms with van der Waals surface area (Å²) in [5.41, 5.74) is 8.41. The van der Waals surface area contributed by atoms with Gasteiger partial charge in [-0.3, -0.25) is 5.10 Å². The van der Waals surface area contributed by atoms with E-state index in [1.807, 2.05) is 6.07 Å². The summed E-state index contributed by atoms with van der Waals surface area (Å²) in [5, 5.41) is 13.6.